The van der Waals surface area contributed by atoms with Crippen LogP contribution in [-0.4, -0.2) is 13.2 Å². The van der Waals surface area contributed by atoms with E-state index in [2.05, 4.69) is 44.3 Å². The van der Waals surface area contributed by atoms with E-state index >= 15 is 0 Å². The highest BCUT2D eigenvalue weighted by Gasteiger charge is 2.20. The zero-order chi connectivity index (χ0) is 13.7. The van der Waals surface area contributed by atoms with Crippen LogP contribution < -0.4 is 10.1 Å². The van der Waals surface area contributed by atoms with Crippen LogP contribution in [0.2, 0.25) is 0 Å². The van der Waals surface area contributed by atoms with Gasteiger partial charge in [-0.25, -0.2) is 0 Å². The third kappa shape index (κ3) is 3.50. The Balaban J connectivity index is 2.20. The molecule has 0 fully saturated rings. The summed E-state index contributed by atoms with van der Waals surface area (Å²) in [4.78, 5) is 0. The van der Waals surface area contributed by atoms with E-state index in [9.17, 15) is 0 Å². The van der Waals surface area contributed by atoms with Gasteiger partial charge in [0.15, 0.2) is 0 Å². The fourth-order valence-corrected chi connectivity index (χ4v) is 3.06. The van der Waals surface area contributed by atoms with Gasteiger partial charge in [-0.2, -0.15) is 0 Å². The van der Waals surface area contributed by atoms with Crippen molar-refractivity contribution < 1.29 is 4.74 Å². The van der Waals surface area contributed by atoms with Gasteiger partial charge < -0.3 is 10.1 Å². The van der Waals surface area contributed by atoms with Gasteiger partial charge in [-0.1, -0.05) is 39.3 Å². The molecule has 0 saturated carbocycles. The molecule has 0 spiro atoms. The number of fused-ring (bicyclic) bond motifs is 1. The highest BCUT2D eigenvalue weighted by atomic mass is 16.5. The molecule has 1 aliphatic heterocycles. The van der Waals surface area contributed by atoms with Crippen molar-refractivity contribution in [2.75, 3.05) is 13.2 Å². The predicted octanol–water partition coefficient (Wildman–Crippen LogP) is 4.10. The summed E-state index contributed by atoms with van der Waals surface area (Å²) < 4.78 is 5.71. The Kier molecular flexibility index (Phi) is 5.26. The predicted molar refractivity (Wildman–Crippen MR) is 80.7 cm³/mol. The summed E-state index contributed by atoms with van der Waals surface area (Å²) >= 11 is 0. The van der Waals surface area contributed by atoms with Crippen molar-refractivity contribution in [2.24, 2.45) is 5.92 Å². The summed E-state index contributed by atoms with van der Waals surface area (Å²) in [7, 11) is 0. The lowest BCUT2D eigenvalue weighted by atomic mass is 9.89. The van der Waals surface area contributed by atoms with Crippen LogP contribution in [0.4, 0.5) is 0 Å². The molecule has 2 heteroatoms. The average Bonchev–Trinajstić information content (AvgIpc) is 2.44. The second-order valence-electron chi connectivity index (χ2n) is 5.62. The molecule has 0 radical (unpaired) electrons. The Bertz CT molecular complexity index is 402. The van der Waals surface area contributed by atoms with Crippen LogP contribution in [-0.2, 0) is 6.42 Å². The van der Waals surface area contributed by atoms with Gasteiger partial charge in [-0.15, -0.1) is 0 Å². The first-order chi connectivity index (χ1) is 9.26. The third-order valence-corrected chi connectivity index (χ3v) is 4.03. The number of aryl methyl sites for hydroxylation is 1. The summed E-state index contributed by atoms with van der Waals surface area (Å²) in [6.07, 6.45) is 4.82. The minimum Gasteiger partial charge on any atom is -0.493 e. The summed E-state index contributed by atoms with van der Waals surface area (Å²) in [5, 5.41) is 3.65. The largest absolute Gasteiger partial charge is 0.493 e. The zero-order valence-electron chi connectivity index (χ0n) is 12.5. The van der Waals surface area contributed by atoms with Crippen LogP contribution in [0.25, 0.3) is 0 Å². The molecule has 1 heterocycles. The van der Waals surface area contributed by atoms with E-state index in [0.717, 1.165) is 31.7 Å². The molecular weight excluding hydrogens is 234 g/mol. The molecule has 0 bridgehead atoms. The number of rotatable bonds is 6. The minimum absolute atomic E-state index is 0.470. The molecule has 1 aromatic carbocycles. The lowest BCUT2D eigenvalue weighted by Crippen LogP contribution is -2.27. The first-order valence-electron chi connectivity index (χ1n) is 7.75. The zero-order valence-corrected chi connectivity index (χ0v) is 12.5. The van der Waals surface area contributed by atoms with E-state index in [-0.39, 0.29) is 0 Å². The SMILES string of the molecule is CCCC(C)C(NCC)c1ccc2c(c1)CCCO2. The van der Waals surface area contributed by atoms with Gasteiger partial charge in [0.1, 0.15) is 5.75 Å². The van der Waals surface area contributed by atoms with Crippen molar-refractivity contribution in [1.82, 2.24) is 5.32 Å². The van der Waals surface area contributed by atoms with Gasteiger partial charge >= 0.3 is 0 Å². The standard InChI is InChI=1S/C17H27NO/c1-4-7-13(3)17(18-5-2)15-9-10-16-14(12-15)8-6-11-19-16/h9-10,12-13,17-18H,4-8,11H2,1-3H3. The first-order valence-corrected chi connectivity index (χ1v) is 7.75. The molecule has 2 atom stereocenters. The van der Waals surface area contributed by atoms with E-state index in [4.69, 9.17) is 4.74 Å². The molecule has 1 aromatic rings. The van der Waals surface area contributed by atoms with Crippen LogP contribution in [0.15, 0.2) is 18.2 Å². The molecule has 0 amide bonds. The summed E-state index contributed by atoms with van der Waals surface area (Å²) in [5.74, 6) is 1.76. The Morgan fingerprint density at radius 3 is 2.89 bits per heavy atom. The number of ether oxygens (including phenoxy) is 1. The molecule has 2 rings (SSSR count). The van der Waals surface area contributed by atoms with Crippen molar-refractivity contribution in [2.45, 2.75) is 52.5 Å². The van der Waals surface area contributed by atoms with E-state index in [1.165, 1.54) is 24.0 Å². The normalized spacial score (nSPS) is 17.4. The van der Waals surface area contributed by atoms with Crippen molar-refractivity contribution in [1.29, 1.82) is 0 Å². The Hall–Kier alpha value is -1.02. The van der Waals surface area contributed by atoms with Crippen molar-refractivity contribution in [3.8, 4) is 5.75 Å². The highest BCUT2D eigenvalue weighted by molar-refractivity contribution is 5.39. The summed E-state index contributed by atoms with van der Waals surface area (Å²) in [6.45, 7) is 8.70. The molecule has 1 aliphatic rings. The molecular formula is C17H27NO. The maximum atomic E-state index is 5.71. The molecule has 19 heavy (non-hydrogen) atoms. The molecule has 1 N–H and O–H groups in total. The van der Waals surface area contributed by atoms with Crippen molar-refractivity contribution >= 4 is 0 Å². The molecule has 2 nitrogen and oxygen atoms in total. The number of hydrogen-bond donors (Lipinski definition) is 1. The Labute approximate surface area is 117 Å². The molecule has 0 saturated heterocycles. The van der Waals surface area contributed by atoms with E-state index in [0.29, 0.717) is 12.0 Å². The summed E-state index contributed by atoms with van der Waals surface area (Å²) in [5.41, 5.74) is 2.81. The smallest absolute Gasteiger partial charge is 0.122 e. The van der Waals surface area contributed by atoms with Gasteiger partial charge in [0, 0.05) is 6.04 Å². The maximum absolute atomic E-state index is 5.71. The number of hydrogen-bond acceptors (Lipinski definition) is 2. The minimum atomic E-state index is 0.470. The lowest BCUT2D eigenvalue weighted by molar-refractivity contribution is 0.287. The van der Waals surface area contributed by atoms with Crippen LogP contribution >= 0.6 is 0 Å². The van der Waals surface area contributed by atoms with Gasteiger partial charge in [0.2, 0.25) is 0 Å². The van der Waals surface area contributed by atoms with Crippen LogP contribution in [0.3, 0.4) is 0 Å². The fourth-order valence-electron chi connectivity index (χ4n) is 3.06. The third-order valence-electron chi connectivity index (χ3n) is 4.03. The van der Waals surface area contributed by atoms with Crippen molar-refractivity contribution in [3.05, 3.63) is 29.3 Å². The highest BCUT2D eigenvalue weighted by Crippen LogP contribution is 2.31. The second-order valence-corrected chi connectivity index (χ2v) is 5.62. The van der Waals surface area contributed by atoms with E-state index in [1.807, 2.05) is 0 Å². The first kappa shape index (κ1) is 14.4. The lowest BCUT2D eigenvalue weighted by Gasteiger charge is -2.27. The van der Waals surface area contributed by atoms with Gasteiger partial charge in [-0.05, 0) is 48.9 Å². The fraction of sp³-hybridized carbons (Fsp3) is 0.647. The Morgan fingerprint density at radius 2 is 2.16 bits per heavy atom. The number of nitrogens with one attached hydrogen (secondary N) is 1. The van der Waals surface area contributed by atoms with E-state index < -0.39 is 0 Å². The molecule has 0 aromatic heterocycles. The monoisotopic (exact) mass is 261 g/mol. The van der Waals surface area contributed by atoms with Crippen molar-refractivity contribution in [3.63, 3.8) is 0 Å². The van der Waals surface area contributed by atoms with Crippen LogP contribution in [0.5, 0.6) is 5.75 Å². The summed E-state index contributed by atoms with van der Waals surface area (Å²) in [6, 6.07) is 7.22. The topological polar surface area (TPSA) is 21.3 Å². The van der Waals surface area contributed by atoms with Gasteiger partial charge in [0.25, 0.3) is 0 Å². The molecule has 0 aliphatic carbocycles. The van der Waals surface area contributed by atoms with Crippen LogP contribution in [0.1, 0.15) is 57.2 Å². The van der Waals surface area contributed by atoms with E-state index in [1.54, 1.807) is 0 Å². The number of benzene rings is 1. The molecule has 106 valence electrons. The molecule has 2 unspecified atom stereocenters. The maximum Gasteiger partial charge on any atom is 0.122 e. The Morgan fingerprint density at radius 1 is 1.32 bits per heavy atom. The second kappa shape index (κ2) is 6.95. The van der Waals surface area contributed by atoms with Gasteiger partial charge in [0.05, 0.1) is 6.61 Å². The van der Waals surface area contributed by atoms with Gasteiger partial charge in [-0.3, -0.25) is 0 Å². The van der Waals surface area contributed by atoms with Crippen LogP contribution in [0, 0.1) is 5.92 Å². The quantitative estimate of drug-likeness (QED) is 0.832. The average molecular weight is 261 g/mol.